The van der Waals surface area contributed by atoms with Crippen molar-refractivity contribution in [2.45, 2.75) is 23.6 Å². The normalized spacial score (nSPS) is 13.7. The molecule has 0 radical (unpaired) electrons. The van der Waals surface area contributed by atoms with Gasteiger partial charge in [0.25, 0.3) is 5.69 Å². The van der Waals surface area contributed by atoms with E-state index >= 15 is 0 Å². The highest BCUT2D eigenvalue weighted by Gasteiger charge is 2.24. The zero-order chi connectivity index (χ0) is 14.7. The van der Waals surface area contributed by atoms with Crippen LogP contribution in [0, 0.1) is 10.1 Å². The zero-order valence-corrected chi connectivity index (χ0v) is 12.4. The Hall–Kier alpha value is -1.85. The van der Waals surface area contributed by atoms with Gasteiger partial charge >= 0.3 is 0 Å². The SMILES string of the molecule is O=[N+]([O-])c1c(SCc2ccccc2)ccc2c1CNCC2. The maximum Gasteiger partial charge on any atom is 0.287 e. The van der Waals surface area contributed by atoms with Gasteiger partial charge in [-0.25, -0.2) is 0 Å². The van der Waals surface area contributed by atoms with Crippen molar-refractivity contribution in [1.29, 1.82) is 0 Å². The van der Waals surface area contributed by atoms with Crippen LogP contribution in [0.3, 0.4) is 0 Å². The lowest BCUT2D eigenvalue weighted by Gasteiger charge is -2.18. The average Bonchev–Trinajstić information content (AvgIpc) is 2.53. The number of nitrogens with zero attached hydrogens (tertiary/aromatic N) is 1. The predicted octanol–water partition coefficient (Wildman–Crippen LogP) is 3.53. The van der Waals surface area contributed by atoms with Crippen LogP contribution in [0.5, 0.6) is 0 Å². The maximum absolute atomic E-state index is 11.5. The van der Waals surface area contributed by atoms with Gasteiger partial charge in [-0.05, 0) is 30.2 Å². The van der Waals surface area contributed by atoms with E-state index in [4.69, 9.17) is 0 Å². The first-order chi connectivity index (χ1) is 10.3. The first kappa shape index (κ1) is 14.1. The van der Waals surface area contributed by atoms with Gasteiger partial charge in [0.15, 0.2) is 0 Å². The van der Waals surface area contributed by atoms with Crippen LogP contribution in [-0.2, 0) is 18.7 Å². The number of nitro benzene ring substituents is 1. The fourth-order valence-corrected chi connectivity index (χ4v) is 3.59. The van der Waals surface area contributed by atoms with Crippen molar-refractivity contribution in [2.75, 3.05) is 6.54 Å². The minimum atomic E-state index is -0.237. The van der Waals surface area contributed by atoms with Crippen molar-refractivity contribution in [1.82, 2.24) is 5.32 Å². The monoisotopic (exact) mass is 300 g/mol. The number of hydrogen-bond donors (Lipinski definition) is 1. The lowest BCUT2D eigenvalue weighted by Crippen LogP contribution is -2.24. The van der Waals surface area contributed by atoms with Gasteiger partial charge in [-0.15, -0.1) is 11.8 Å². The molecule has 0 spiro atoms. The Labute approximate surface area is 127 Å². The Bertz CT molecular complexity index is 659. The van der Waals surface area contributed by atoms with Crippen LogP contribution in [0.25, 0.3) is 0 Å². The van der Waals surface area contributed by atoms with Crippen LogP contribution in [0.2, 0.25) is 0 Å². The second-order valence-corrected chi connectivity index (χ2v) is 6.03. The molecular weight excluding hydrogens is 284 g/mol. The molecule has 0 amide bonds. The van der Waals surface area contributed by atoms with Crippen LogP contribution in [-0.4, -0.2) is 11.5 Å². The second-order valence-electron chi connectivity index (χ2n) is 5.01. The molecule has 2 aromatic carbocycles. The van der Waals surface area contributed by atoms with Crippen LogP contribution in [0.4, 0.5) is 5.69 Å². The molecule has 0 aliphatic carbocycles. The largest absolute Gasteiger partial charge is 0.312 e. The molecule has 0 bridgehead atoms. The molecule has 1 aliphatic rings. The summed E-state index contributed by atoms with van der Waals surface area (Å²) in [6, 6.07) is 14.0. The summed E-state index contributed by atoms with van der Waals surface area (Å²) in [6.45, 7) is 1.48. The van der Waals surface area contributed by atoms with Crippen molar-refractivity contribution in [2.24, 2.45) is 0 Å². The van der Waals surface area contributed by atoms with Crippen molar-refractivity contribution >= 4 is 17.4 Å². The minimum absolute atomic E-state index is 0.237. The zero-order valence-electron chi connectivity index (χ0n) is 11.5. The van der Waals surface area contributed by atoms with Crippen LogP contribution < -0.4 is 5.32 Å². The molecule has 1 aliphatic heterocycles. The molecule has 0 saturated heterocycles. The predicted molar refractivity (Wildman–Crippen MR) is 84.5 cm³/mol. The fourth-order valence-electron chi connectivity index (χ4n) is 2.58. The van der Waals surface area contributed by atoms with Gasteiger partial charge in [-0.1, -0.05) is 36.4 Å². The van der Waals surface area contributed by atoms with Crippen molar-refractivity contribution in [3.63, 3.8) is 0 Å². The van der Waals surface area contributed by atoms with E-state index in [1.807, 2.05) is 42.5 Å². The summed E-state index contributed by atoms with van der Waals surface area (Å²) in [6.07, 6.45) is 0.861. The summed E-state index contributed by atoms with van der Waals surface area (Å²) >= 11 is 1.53. The van der Waals surface area contributed by atoms with E-state index in [0.717, 1.165) is 34.7 Å². The molecule has 1 heterocycles. The maximum atomic E-state index is 11.5. The van der Waals surface area contributed by atoms with E-state index < -0.39 is 0 Å². The number of fused-ring (bicyclic) bond motifs is 1. The highest BCUT2D eigenvalue weighted by atomic mass is 32.2. The van der Waals surface area contributed by atoms with Gasteiger partial charge in [0.2, 0.25) is 0 Å². The van der Waals surface area contributed by atoms with E-state index in [1.165, 1.54) is 17.3 Å². The Balaban J connectivity index is 1.89. The van der Waals surface area contributed by atoms with E-state index in [2.05, 4.69) is 5.32 Å². The standard InChI is InChI=1S/C16H16N2O2S/c19-18(20)16-14-10-17-9-8-13(14)6-7-15(16)21-11-12-4-2-1-3-5-12/h1-7,17H,8-11H2. The first-order valence-electron chi connectivity index (χ1n) is 6.92. The lowest BCUT2D eigenvalue weighted by molar-refractivity contribution is -0.388. The first-order valence-corrected chi connectivity index (χ1v) is 7.91. The number of thioether (sulfide) groups is 1. The summed E-state index contributed by atoms with van der Waals surface area (Å²) in [5, 5.41) is 14.7. The third kappa shape index (κ3) is 3.09. The number of benzene rings is 2. The Kier molecular flexibility index (Phi) is 4.22. The van der Waals surface area contributed by atoms with Crippen LogP contribution in [0.1, 0.15) is 16.7 Å². The summed E-state index contributed by atoms with van der Waals surface area (Å²) < 4.78 is 0. The molecular formula is C16H16N2O2S. The Morgan fingerprint density at radius 1 is 1.19 bits per heavy atom. The summed E-state index contributed by atoms with van der Waals surface area (Å²) in [5.74, 6) is 0.744. The molecule has 0 fully saturated rings. The third-order valence-electron chi connectivity index (χ3n) is 3.64. The molecule has 5 heteroatoms. The number of nitrogens with one attached hydrogen (secondary N) is 1. The van der Waals surface area contributed by atoms with E-state index in [0.29, 0.717) is 6.54 Å². The summed E-state index contributed by atoms with van der Waals surface area (Å²) in [5.41, 5.74) is 3.40. The second kappa shape index (κ2) is 6.28. The molecule has 0 atom stereocenters. The van der Waals surface area contributed by atoms with Gasteiger partial charge in [0, 0.05) is 17.9 Å². The number of rotatable bonds is 4. The van der Waals surface area contributed by atoms with E-state index in [1.54, 1.807) is 0 Å². The van der Waals surface area contributed by atoms with Gasteiger partial charge in [-0.2, -0.15) is 0 Å². The topological polar surface area (TPSA) is 55.2 Å². The molecule has 4 nitrogen and oxygen atoms in total. The smallest absolute Gasteiger partial charge is 0.287 e. The van der Waals surface area contributed by atoms with Crippen LogP contribution in [0.15, 0.2) is 47.4 Å². The lowest BCUT2D eigenvalue weighted by atomic mass is 9.99. The molecule has 21 heavy (non-hydrogen) atoms. The Morgan fingerprint density at radius 2 is 2.00 bits per heavy atom. The Morgan fingerprint density at radius 3 is 2.76 bits per heavy atom. The number of hydrogen-bond acceptors (Lipinski definition) is 4. The van der Waals surface area contributed by atoms with Crippen LogP contribution >= 0.6 is 11.8 Å². The quantitative estimate of drug-likeness (QED) is 0.533. The van der Waals surface area contributed by atoms with Gasteiger partial charge in [0.1, 0.15) is 0 Å². The van der Waals surface area contributed by atoms with Gasteiger partial charge < -0.3 is 5.32 Å². The molecule has 1 N–H and O–H groups in total. The highest BCUT2D eigenvalue weighted by molar-refractivity contribution is 7.98. The fraction of sp³-hybridized carbons (Fsp3) is 0.250. The number of nitro groups is 1. The highest BCUT2D eigenvalue weighted by Crippen LogP contribution is 2.37. The van der Waals surface area contributed by atoms with Crippen molar-refractivity contribution in [3.05, 3.63) is 69.3 Å². The molecule has 3 rings (SSSR count). The van der Waals surface area contributed by atoms with Gasteiger partial charge in [-0.3, -0.25) is 10.1 Å². The van der Waals surface area contributed by atoms with Crippen molar-refractivity contribution < 1.29 is 4.92 Å². The van der Waals surface area contributed by atoms with E-state index in [9.17, 15) is 10.1 Å². The van der Waals surface area contributed by atoms with Crippen molar-refractivity contribution in [3.8, 4) is 0 Å². The molecule has 0 saturated carbocycles. The van der Waals surface area contributed by atoms with Gasteiger partial charge in [0.05, 0.1) is 9.82 Å². The molecule has 0 unspecified atom stereocenters. The molecule has 108 valence electrons. The summed E-state index contributed by atoms with van der Waals surface area (Å²) in [4.78, 5) is 12.0. The molecule has 2 aromatic rings. The molecule has 0 aromatic heterocycles. The van der Waals surface area contributed by atoms with E-state index in [-0.39, 0.29) is 10.6 Å². The third-order valence-corrected chi connectivity index (χ3v) is 4.75. The average molecular weight is 300 g/mol. The summed E-state index contributed by atoms with van der Waals surface area (Å²) in [7, 11) is 0. The minimum Gasteiger partial charge on any atom is -0.312 e.